The third-order valence-electron chi connectivity index (χ3n) is 1.99. The Morgan fingerprint density at radius 2 is 0.780 bits per heavy atom. The van der Waals surface area contributed by atoms with Crippen LogP contribution in [-0.2, 0) is 0 Å². The van der Waals surface area contributed by atoms with Crippen LogP contribution in [0.15, 0.2) is 34.8 Å². The van der Waals surface area contributed by atoms with Crippen molar-refractivity contribution < 1.29 is 0 Å². The molecule has 244 valence electrons. The van der Waals surface area contributed by atoms with Gasteiger partial charge in [-0.15, -0.1) is 23.2 Å². The van der Waals surface area contributed by atoms with Gasteiger partial charge in [0.1, 0.15) is 11.4 Å². The minimum Gasteiger partial charge on any atom is -0.390 e. The smallest absolute Gasteiger partial charge is 0.172 e. The van der Waals surface area contributed by atoms with Gasteiger partial charge in [0.25, 0.3) is 0 Å². The van der Waals surface area contributed by atoms with Gasteiger partial charge in [0, 0.05) is 12.4 Å². The van der Waals surface area contributed by atoms with Crippen molar-refractivity contribution in [3.63, 3.8) is 0 Å². The third-order valence-corrected chi connectivity index (χ3v) is 1.99. The molecule has 0 aliphatic heterocycles. The van der Waals surface area contributed by atoms with E-state index in [0.29, 0.717) is 23.0 Å². The summed E-state index contributed by atoms with van der Waals surface area (Å²) in [4.78, 5) is 22.8. The van der Waals surface area contributed by atoms with Crippen LogP contribution in [0.3, 0.4) is 0 Å². The summed E-state index contributed by atoms with van der Waals surface area (Å²) in [5.74, 6) is 0.821. The molecule has 2 heterocycles. The fraction of sp³-hybridized carbons (Fsp3) is 0.586. The molecule has 0 bridgehead atoms. The van der Waals surface area contributed by atoms with Gasteiger partial charge in [-0.2, -0.15) is 0 Å². The number of nitrogens with one attached hydrogen (secondary N) is 2. The van der Waals surface area contributed by atoms with Crippen LogP contribution in [0.5, 0.6) is 0 Å². The van der Waals surface area contributed by atoms with E-state index in [1.54, 1.807) is 0 Å². The van der Waals surface area contributed by atoms with E-state index in [2.05, 4.69) is 29.9 Å². The zero-order valence-corrected chi connectivity index (χ0v) is 30.4. The zero-order valence-electron chi connectivity index (χ0n) is 28.9. The van der Waals surface area contributed by atoms with Gasteiger partial charge in [-0.3, -0.25) is 9.97 Å². The number of alkyl halides is 2. The lowest BCUT2D eigenvalue weighted by Crippen LogP contribution is -1.91. The highest BCUT2D eigenvalue weighted by atomic mass is 35.5. The molecule has 12 heteroatoms. The van der Waals surface area contributed by atoms with E-state index in [1.807, 2.05) is 111 Å². The lowest BCUT2D eigenvalue weighted by molar-refractivity contribution is 1.16. The van der Waals surface area contributed by atoms with E-state index < -0.39 is 0 Å². The molecule has 0 aromatic carbocycles. The molecule has 2 aromatic rings. The van der Waals surface area contributed by atoms with E-state index in [-0.39, 0.29) is 5.34 Å². The fourth-order valence-corrected chi connectivity index (χ4v) is 1.16. The van der Waals surface area contributed by atoms with Crippen LogP contribution >= 0.6 is 23.2 Å². The summed E-state index contributed by atoms with van der Waals surface area (Å²) in [6.45, 7) is 32.0. The standard InChI is InChI=1S/2C6H7N5.8C2H6.CH2Cl2/c2*7-1-5-2-9-3-6(11-5)10-4-8;8*1-2;2-1-3/h2*1-4,7H,(H2,8,10,11);8*1-2H3;1H2. The molecule has 0 amide bonds. The Kier molecular flexibility index (Phi) is 126. The minimum atomic E-state index is 0.194. The number of nitrogens with zero attached hydrogens (tertiary/aromatic N) is 6. The van der Waals surface area contributed by atoms with Crippen LogP contribution in [0.1, 0.15) is 122 Å². The maximum Gasteiger partial charge on any atom is 0.172 e. The summed E-state index contributed by atoms with van der Waals surface area (Å²) < 4.78 is 0. The maximum atomic E-state index is 6.86. The monoisotopic (exact) mass is 622 g/mol. The molecule has 0 atom stereocenters. The molecule has 0 saturated heterocycles. The number of rotatable bonds is 4. The number of halogens is 2. The van der Waals surface area contributed by atoms with E-state index in [9.17, 15) is 0 Å². The number of nitrogens with two attached hydrogens (primary N) is 2. The van der Waals surface area contributed by atoms with Crippen LogP contribution in [0.4, 0.5) is 11.6 Å². The van der Waals surface area contributed by atoms with Crippen LogP contribution in [-0.4, -0.2) is 50.4 Å². The summed E-state index contributed by atoms with van der Waals surface area (Å²) in [6.07, 6.45) is 10.4. The van der Waals surface area contributed by atoms with Crippen LogP contribution in [0.2, 0.25) is 0 Å². The Bertz CT molecular complexity index is 656. The fourth-order valence-electron chi connectivity index (χ4n) is 1.16. The Hall–Kier alpha value is -2.98. The van der Waals surface area contributed by atoms with Gasteiger partial charge in [-0.1, -0.05) is 111 Å². The highest BCUT2D eigenvalue weighted by molar-refractivity contribution is 6.40. The van der Waals surface area contributed by atoms with Crippen molar-refractivity contribution in [2.75, 3.05) is 5.34 Å². The quantitative estimate of drug-likeness (QED) is 0.150. The lowest BCUT2D eigenvalue weighted by atomic mass is 10.5. The number of hydrogen-bond donors (Lipinski definition) is 4. The molecule has 6 N–H and O–H groups in total. The van der Waals surface area contributed by atoms with E-state index in [0.717, 1.165) is 25.1 Å². The minimum absolute atomic E-state index is 0.194. The lowest BCUT2D eigenvalue weighted by Gasteiger charge is -1.91. The number of aromatic nitrogens is 4. The summed E-state index contributed by atoms with van der Waals surface area (Å²) in [7, 11) is 0. The van der Waals surface area contributed by atoms with Crippen molar-refractivity contribution in [2.45, 2.75) is 111 Å². The molecule has 10 nitrogen and oxygen atoms in total. The van der Waals surface area contributed by atoms with Crippen LogP contribution < -0.4 is 11.5 Å². The molecule has 0 spiro atoms. The highest BCUT2D eigenvalue weighted by Crippen LogP contribution is 2.03. The second-order valence-electron chi connectivity index (χ2n) is 3.55. The van der Waals surface area contributed by atoms with Gasteiger partial charge < -0.3 is 22.3 Å². The first-order valence-electron chi connectivity index (χ1n) is 14.4. The third kappa shape index (κ3) is 62.2. The second kappa shape index (κ2) is 83.2. The first-order valence-corrected chi connectivity index (χ1v) is 15.5. The van der Waals surface area contributed by atoms with Crippen molar-refractivity contribution >= 4 is 59.9 Å². The molecule has 2 aromatic heterocycles. The maximum absolute atomic E-state index is 6.86. The molecular weight excluding hydrogens is 559 g/mol. The van der Waals surface area contributed by atoms with E-state index in [4.69, 9.17) is 45.5 Å². The molecular formula is C29H64Cl2N10. The second-order valence-corrected chi connectivity index (χ2v) is 4.36. The van der Waals surface area contributed by atoms with Gasteiger partial charge in [0.15, 0.2) is 11.6 Å². The van der Waals surface area contributed by atoms with Gasteiger partial charge in [-0.25, -0.2) is 20.0 Å². The van der Waals surface area contributed by atoms with Crippen LogP contribution in [0, 0.1) is 10.8 Å². The summed E-state index contributed by atoms with van der Waals surface area (Å²) in [5.41, 5.74) is 11.0. The van der Waals surface area contributed by atoms with E-state index in [1.165, 1.54) is 24.8 Å². The Balaban J connectivity index is -0.0000000453. The van der Waals surface area contributed by atoms with Crippen molar-refractivity contribution in [2.24, 2.45) is 21.5 Å². The van der Waals surface area contributed by atoms with Crippen molar-refractivity contribution in [1.82, 2.24) is 19.9 Å². The van der Waals surface area contributed by atoms with E-state index >= 15 is 0 Å². The molecule has 0 aliphatic rings. The van der Waals surface area contributed by atoms with Gasteiger partial charge in [-0.05, 0) is 0 Å². The Morgan fingerprint density at radius 3 is 0.951 bits per heavy atom. The number of aliphatic imine (C=N–C) groups is 2. The normalized spacial score (nSPS) is 7.07. The molecule has 0 radical (unpaired) electrons. The first-order chi connectivity index (χ1) is 20.1. The molecule has 0 aliphatic carbocycles. The summed E-state index contributed by atoms with van der Waals surface area (Å²) in [6, 6.07) is 0. The largest absolute Gasteiger partial charge is 0.390 e. The summed E-state index contributed by atoms with van der Waals surface area (Å²) in [5, 5.41) is 13.9. The molecule has 2 rings (SSSR count). The van der Waals surface area contributed by atoms with Gasteiger partial charge in [0.05, 0.1) is 42.8 Å². The predicted molar refractivity (Wildman–Crippen MR) is 192 cm³/mol. The first kappa shape index (κ1) is 61.9. The molecule has 41 heavy (non-hydrogen) atoms. The summed E-state index contributed by atoms with van der Waals surface area (Å²) >= 11 is 9.53. The molecule has 0 unspecified atom stereocenters. The molecule has 0 saturated carbocycles. The zero-order chi connectivity index (χ0) is 34.9. The SMILES string of the molecule is CC.CC.CC.CC.CC.CC.CC.CC.ClCCl.N=Cc1cncc(N=CN)n1.N=Cc1cncc(N=CN)n1. The Labute approximate surface area is 264 Å². The Morgan fingerprint density at radius 1 is 0.561 bits per heavy atom. The van der Waals surface area contributed by atoms with Gasteiger partial charge >= 0.3 is 0 Å². The average molecular weight is 624 g/mol. The average Bonchev–Trinajstić information content (AvgIpc) is 3.09. The predicted octanol–water partition coefficient (Wildman–Crippen LogP) is 9.82. The van der Waals surface area contributed by atoms with Crippen molar-refractivity contribution in [1.29, 1.82) is 10.8 Å². The highest BCUT2D eigenvalue weighted by Gasteiger charge is 1.92. The van der Waals surface area contributed by atoms with Crippen LogP contribution in [0.25, 0.3) is 0 Å². The van der Waals surface area contributed by atoms with Crippen molar-refractivity contribution in [3.05, 3.63) is 36.2 Å². The van der Waals surface area contributed by atoms with Crippen molar-refractivity contribution in [3.8, 4) is 0 Å². The topological polar surface area (TPSA) is 176 Å². The molecule has 0 fully saturated rings. The van der Waals surface area contributed by atoms with Gasteiger partial charge in [0.2, 0.25) is 0 Å². The number of hydrogen-bond acceptors (Lipinski definition) is 8.